The Labute approximate surface area is 136 Å². The van der Waals surface area contributed by atoms with Crippen LogP contribution in [0, 0.1) is 18.3 Å². The number of likely N-dealkylation sites (N-methyl/N-ethyl adjacent to an activating group) is 1. The fraction of sp³-hybridized carbons (Fsp3) is 0.235. The fourth-order valence-corrected chi connectivity index (χ4v) is 3.16. The van der Waals surface area contributed by atoms with Crippen molar-refractivity contribution >= 4 is 10.0 Å². The van der Waals surface area contributed by atoms with Gasteiger partial charge in [-0.2, -0.15) is 9.57 Å². The van der Waals surface area contributed by atoms with Gasteiger partial charge in [0.2, 0.25) is 10.0 Å². The summed E-state index contributed by atoms with van der Waals surface area (Å²) >= 11 is 0. The summed E-state index contributed by atoms with van der Waals surface area (Å²) in [6.07, 6.45) is 0. The smallest absolute Gasteiger partial charge is 0.242 e. The summed E-state index contributed by atoms with van der Waals surface area (Å²) in [7, 11) is -2.08. The molecule has 2 rings (SSSR count). The van der Waals surface area contributed by atoms with E-state index < -0.39 is 10.0 Å². The molecular formula is C17H18N2O3S. The second-order valence-electron chi connectivity index (χ2n) is 5.08. The van der Waals surface area contributed by atoms with E-state index in [4.69, 9.17) is 10.00 Å². The van der Waals surface area contributed by atoms with Crippen molar-refractivity contribution in [2.45, 2.75) is 11.8 Å². The molecule has 0 N–H and O–H groups in total. The Kier molecular flexibility index (Phi) is 5.37. The molecule has 120 valence electrons. The second-order valence-corrected chi connectivity index (χ2v) is 7.12. The average molecular weight is 330 g/mol. The molecule has 0 heterocycles. The molecule has 5 nitrogen and oxygen atoms in total. The lowest BCUT2D eigenvalue weighted by molar-refractivity contribution is 0.285. The number of nitrogens with zero attached hydrogens (tertiary/aromatic N) is 2. The summed E-state index contributed by atoms with van der Waals surface area (Å²) in [5.74, 6) is 0.747. The van der Waals surface area contributed by atoms with Crippen LogP contribution in [-0.4, -0.2) is 32.9 Å². The topological polar surface area (TPSA) is 70.4 Å². The van der Waals surface area contributed by atoms with Crippen LogP contribution in [0.2, 0.25) is 0 Å². The minimum Gasteiger partial charge on any atom is -0.492 e. The van der Waals surface area contributed by atoms with E-state index >= 15 is 0 Å². The molecule has 2 aromatic rings. The maximum absolute atomic E-state index is 12.4. The van der Waals surface area contributed by atoms with Crippen molar-refractivity contribution < 1.29 is 13.2 Å². The molecular weight excluding hydrogens is 312 g/mol. The first-order valence-electron chi connectivity index (χ1n) is 7.10. The van der Waals surface area contributed by atoms with Gasteiger partial charge in [-0.25, -0.2) is 8.42 Å². The van der Waals surface area contributed by atoms with E-state index in [0.29, 0.717) is 5.56 Å². The number of rotatable bonds is 6. The summed E-state index contributed by atoms with van der Waals surface area (Å²) in [5.41, 5.74) is 1.43. The van der Waals surface area contributed by atoms with E-state index in [1.54, 1.807) is 0 Å². The summed E-state index contributed by atoms with van der Waals surface area (Å²) < 4.78 is 31.7. The Morgan fingerprint density at radius 2 is 1.78 bits per heavy atom. The van der Waals surface area contributed by atoms with Crippen molar-refractivity contribution in [2.75, 3.05) is 20.2 Å². The average Bonchev–Trinajstić information content (AvgIpc) is 2.56. The lowest BCUT2D eigenvalue weighted by atomic mass is 10.2. The lowest BCUT2D eigenvalue weighted by Crippen LogP contribution is -2.31. The minimum atomic E-state index is -3.58. The van der Waals surface area contributed by atoms with Crippen LogP contribution in [0.1, 0.15) is 11.1 Å². The third-order valence-corrected chi connectivity index (χ3v) is 5.32. The number of benzene rings is 2. The van der Waals surface area contributed by atoms with Gasteiger partial charge in [0.15, 0.2) is 0 Å². The standard InChI is InChI=1S/C17H18N2O3S/c1-14-5-3-4-6-17(14)22-12-11-19(2)23(20,21)16-9-7-15(13-18)8-10-16/h3-10H,11-12H2,1-2H3. The molecule has 23 heavy (non-hydrogen) atoms. The maximum atomic E-state index is 12.4. The van der Waals surface area contributed by atoms with Gasteiger partial charge in [-0.05, 0) is 42.8 Å². The Balaban J connectivity index is 2.00. The molecule has 0 fully saturated rings. The predicted octanol–water partition coefficient (Wildman–Crippen LogP) is 2.57. The van der Waals surface area contributed by atoms with E-state index in [0.717, 1.165) is 11.3 Å². The largest absolute Gasteiger partial charge is 0.492 e. The number of hydrogen-bond acceptors (Lipinski definition) is 4. The highest BCUT2D eigenvalue weighted by molar-refractivity contribution is 7.89. The van der Waals surface area contributed by atoms with Crippen LogP contribution in [0.4, 0.5) is 0 Å². The van der Waals surface area contributed by atoms with Gasteiger partial charge in [-0.1, -0.05) is 18.2 Å². The van der Waals surface area contributed by atoms with Crippen LogP contribution >= 0.6 is 0 Å². The number of nitriles is 1. The summed E-state index contributed by atoms with van der Waals surface area (Å²) in [5, 5.41) is 8.76. The summed E-state index contributed by atoms with van der Waals surface area (Å²) in [4.78, 5) is 0.162. The molecule has 0 saturated heterocycles. The summed E-state index contributed by atoms with van der Waals surface area (Å²) in [6, 6.07) is 15.4. The number of sulfonamides is 1. The molecule has 0 aromatic heterocycles. The molecule has 0 saturated carbocycles. The first kappa shape index (κ1) is 17.0. The van der Waals surface area contributed by atoms with Gasteiger partial charge in [-0.3, -0.25) is 0 Å². The molecule has 0 aliphatic carbocycles. The molecule has 0 aliphatic heterocycles. The zero-order valence-electron chi connectivity index (χ0n) is 13.1. The Bertz CT molecular complexity index is 808. The lowest BCUT2D eigenvalue weighted by Gasteiger charge is -2.18. The van der Waals surface area contributed by atoms with Crippen molar-refractivity contribution in [3.05, 3.63) is 59.7 Å². The van der Waals surface area contributed by atoms with Gasteiger partial charge in [0.25, 0.3) is 0 Å². The van der Waals surface area contributed by atoms with Crippen LogP contribution in [0.5, 0.6) is 5.75 Å². The van der Waals surface area contributed by atoms with Crippen LogP contribution in [0.25, 0.3) is 0 Å². The summed E-state index contributed by atoms with van der Waals surface area (Å²) in [6.45, 7) is 2.43. The Morgan fingerprint density at radius 3 is 2.39 bits per heavy atom. The first-order chi connectivity index (χ1) is 10.9. The van der Waals surface area contributed by atoms with E-state index in [9.17, 15) is 8.42 Å². The monoisotopic (exact) mass is 330 g/mol. The van der Waals surface area contributed by atoms with Crippen molar-refractivity contribution in [1.29, 1.82) is 5.26 Å². The third-order valence-electron chi connectivity index (χ3n) is 3.45. The molecule has 2 aromatic carbocycles. The van der Waals surface area contributed by atoms with Crippen molar-refractivity contribution in [2.24, 2.45) is 0 Å². The molecule has 6 heteroatoms. The van der Waals surface area contributed by atoms with E-state index in [1.165, 1.54) is 35.6 Å². The zero-order valence-corrected chi connectivity index (χ0v) is 13.9. The van der Waals surface area contributed by atoms with Crippen molar-refractivity contribution in [1.82, 2.24) is 4.31 Å². The van der Waals surface area contributed by atoms with E-state index in [2.05, 4.69) is 0 Å². The number of ether oxygens (including phenoxy) is 1. The maximum Gasteiger partial charge on any atom is 0.242 e. The Morgan fingerprint density at radius 1 is 1.13 bits per heavy atom. The van der Waals surface area contributed by atoms with E-state index in [1.807, 2.05) is 37.3 Å². The molecule has 0 atom stereocenters. The quantitative estimate of drug-likeness (QED) is 0.816. The molecule has 0 amide bonds. The first-order valence-corrected chi connectivity index (χ1v) is 8.54. The highest BCUT2D eigenvalue weighted by Crippen LogP contribution is 2.17. The van der Waals surface area contributed by atoms with Crippen molar-refractivity contribution in [3.8, 4) is 11.8 Å². The van der Waals surface area contributed by atoms with Crippen LogP contribution < -0.4 is 4.74 Å². The number of para-hydroxylation sites is 1. The molecule has 0 spiro atoms. The Hall–Kier alpha value is -2.36. The van der Waals surface area contributed by atoms with Crippen LogP contribution in [0.15, 0.2) is 53.4 Å². The number of hydrogen-bond donors (Lipinski definition) is 0. The molecule has 0 aliphatic rings. The molecule has 0 unspecified atom stereocenters. The van der Waals surface area contributed by atoms with Gasteiger partial charge in [0.05, 0.1) is 16.5 Å². The third kappa shape index (κ3) is 4.09. The second kappa shape index (κ2) is 7.27. The predicted molar refractivity (Wildman–Crippen MR) is 87.6 cm³/mol. The van der Waals surface area contributed by atoms with Crippen molar-refractivity contribution in [3.63, 3.8) is 0 Å². The van der Waals surface area contributed by atoms with Gasteiger partial charge < -0.3 is 4.74 Å². The molecule has 0 bridgehead atoms. The highest BCUT2D eigenvalue weighted by atomic mass is 32.2. The SMILES string of the molecule is Cc1ccccc1OCCN(C)S(=O)(=O)c1ccc(C#N)cc1. The van der Waals surface area contributed by atoms with Gasteiger partial charge >= 0.3 is 0 Å². The number of aryl methyl sites for hydroxylation is 1. The van der Waals surface area contributed by atoms with Gasteiger partial charge in [-0.15, -0.1) is 0 Å². The normalized spacial score (nSPS) is 11.2. The van der Waals surface area contributed by atoms with Gasteiger partial charge in [0.1, 0.15) is 12.4 Å². The molecule has 0 radical (unpaired) electrons. The highest BCUT2D eigenvalue weighted by Gasteiger charge is 2.20. The van der Waals surface area contributed by atoms with Crippen LogP contribution in [-0.2, 0) is 10.0 Å². The van der Waals surface area contributed by atoms with Gasteiger partial charge in [0, 0.05) is 13.6 Å². The minimum absolute atomic E-state index is 0.162. The fourth-order valence-electron chi connectivity index (χ4n) is 2.00. The van der Waals surface area contributed by atoms with Crippen LogP contribution in [0.3, 0.4) is 0 Å². The zero-order chi connectivity index (χ0) is 16.9. The van der Waals surface area contributed by atoms with E-state index in [-0.39, 0.29) is 18.0 Å².